The number of hydrogen-bond donors (Lipinski definition) is 0. The number of carbonyl (C=O) groups excluding carboxylic acids is 1. The van der Waals surface area contributed by atoms with E-state index in [-0.39, 0.29) is 16.4 Å². The molecule has 26 heavy (non-hydrogen) atoms. The number of hydrogen-bond acceptors (Lipinski definition) is 3. The number of aryl methyl sites for hydroxylation is 1. The first kappa shape index (κ1) is 18.3. The molecule has 0 radical (unpaired) electrons. The predicted molar refractivity (Wildman–Crippen MR) is 94.6 cm³/mol. The highest BCUT2D eigenvalue weighted by molar-refractivity contribution is 7.90. The maximum Gasteiger partial charge on any atom is 0.250 e. The molecular weight excluding hydrogens is 360 g/mol. The predicted octanol–water partition coefficient (Wildman–Crippen LogP) is 3.40. The number of rotatable bonds is 4. The summed E-state index contributed by atoms with van der Waals surface area (Å²) in [7, 11) is -3.96. The molecule has 7 heteroatoms. The summed E-state index contributed by atoms with van der Waals surface area (Å²) in [5, 5.41) is 0. The second-order valence-corrected chi connectivity index (χ2v) is 8.01. The fourth-order valence-electron chi connectivity index (χ4n) is 3.12. The number of amides is 1. The molecule has 0 N–H and O–H groups in total. The maximum atomic E-state index is 13.9. The second-order valence-electron chi connectivity index (χ2n) is 6.06. The SMILES string of the molecule is C=CC(=O)N1CCCc2cccc(S(=O)(=O)Cc3ccc(F)cc3F)c21. The van der Waals surface area contributed by atoms with Crippen LogP contribution >= 0.6 is 0 Å². The van der Waals surface area contributed by atoms with Gasteiger partial charge in [-0.2, -0.15) is 0 Å². The molecule has 1 amide bonds. The Balaban J connectivity index is 2.08. The molecule has 0 atom stereocenters. The molecule has 136 valence electrons. The highest BCUT2D eigenvalue weighted by atomic mass is 32.2. The van der Waals surface area contributed by atoms with Crippen molar-refractivity contribution >= 4 is 21.4 Å². The van der Waals surface area contributed by atoms with Crippen molar-refractivity contribution in [3.05, 3.63) is 71.8 Å². The Hall–Kier alpha value is -2.54. The van der Waals surface area contributed by atoms with Gasteiger partial charge in [-0.3, -0.25) is 4.79 Å². The number of fused-ring (bicyclic) bond motifs is 1. The summed E-state index contributed by atoms with van der Waals surface area (Å²) in [6.45, 7) is 3.85. The van der Waals surface area contributed by atoms with Gasteiger partial charge in [0.15, 0.2) is 9.84 Å². The summed E-state index contributed by atoms with van der Waals surface area (Å²) in [6, 6.07) is 7.57. The van der Waals surface area contributed by atoms with Crippen LogP contribution in [0.3, 0.4) is 0 Å². The van der Waals surface area contributed by atoms with Crippen molar-refractivity contribution in [3.63, 3.8) is 0 Å². The molecule has 3 rings (SSSR count). The van der Waals surface area contributed by atoms with Crippen LogP contribution in [0.5, 0.6) is 0 Å². The number of anilines is 1. The molecule has 2 aromatic carbocycles. The third kappa shape index (κ3) is 3.39. The number of benzene rings is 2. The Morgan fingerprint density at radius 2 is 2.00 bits per heavy atom. The summed E-state index contributed by atoms with van der Waals surface area (Å²) in [5.74, 6) is -2.70. The average Bonchev–Trinajstić information content (AvgIpc) is 2.62. The molecule has 0 aliphatic carbocycles. The summed E-state index contributed by atoms with van der Waals surface area (Å²) in [5.41, 5.74) is 0.944. The van der Waals surface area contributed by atoms with Crippen LogP contribution in [-0.4, -0.2) is 20.9 Å². The Kier molecular flexibility index (Phi) is 4.91. The molecule has 1 aliphatic rings. The van der Waals surface area contributed by atoms with Crippen molar-refractivity contribution in [2.45, 2.75) is 23.5 Å². The lowest BCUT2D eigenvalue weighted by Crippen LogP contribution is -2.35. The lowest BCUT2D eigenvalue weighted by atomic mass is 10.0. The molecule has 0 saturated carbocycles. The van der Waals surface area contributed by atoms with E-state index in [0.29, 0.717) is 31.1 Å². The van der Waals surface area contributed by atoms with Crippen LogP contribution in [0.2, 0.25) is 0 Å². The molecule has 2 aromatic rings. The summed E-state index contributed by atoms with van der Waals surface area (Å²) in [4.78, 5) is 13.5. The Labute approximate surface area is 150 Å². The maximum absolute atomic E-state index is 13.9. The monoisotopic (exact) mass is 377 g/mol. The van der Waals surface area contributed by atoms with Crippen LogP contribution in [0, 0.1) is 11.6 Å². The van der Waals surface area contributed by atoms with E-state index in [0.717, 1.165) is 23.8 Å². The van der Waals surface area contributed by atoms with Gasteiger partial charge in [-0.1, -0.05) is 24.8 Å². The normalized spacial score (nSPS) is 14.0. The minimum atomic E-state index is -3.96. The second kappa shape index (κ2) is 6.99. The van der Waals surface area contributed by atoms with Crippen LogP contribution in [0.25, 0.3) is 0 Å². The lowest BCUT2D eigenvalue weighted by Gasteiger charge is -2.30. The molecule has 0 unspecified atom stereocenters. The lowest BCUT2D eigenvalue weighted by molar-refractivity contribution is -0.114. The van der Waals surface area contributed by atoms with Gasteiger partial charge in [0.2, 0.25) is 5.91 Å². The van der Waals surface area contributed by atoms with E-state index in [4.69, 9.17) is 0 Å². The van der Waals surface area contributed by atoms with Gasteiger partial charge >= 0.3 is 0 Å². The van der Waals surface area contributed by atoms with E-state index in [1.807, 2.05) is 0 Å². The Morgan fingerprint density at radius 3 is 2.69 bits per heavy atom. The van der Waals surface area contributed by atoms with Crippen molar-refractivity contribution in [3.8, 4) is 0 Å². The average molecular weight is 377 g/mol. The van der Waals surface area contributed by atoms with Crippen molar-refractivity contribution < 1.29 is 22.0 Å². The fraction of sp³-hybridized carbons (Fsp3) is 0.211. The summed E-state index contributed by atoms with van der Waals surface area (Å²) in [6.07, 6.45) is 2.49. The molecule has 0 spiro atoms. The smallest absolute Gasteiger partial charge is 0.250 e. The van der Waals surface area contributed by atoms with Crippen molar-refractivity contribution in [1.82, 2.24) is 0 Å². The van der Waals surface area contributed by atoms with Gasteiger partial charge in [0.25, 0.3) is 0 Å². The van der Waals surface area contributed by atoms with Crippen LogP contribution in [-0.2, 0) is 26.8 Å². The van der Waals surface area contributed by atoms with Crippen LogP contribution < -0.4 is 4.90 Å². The molecule has 4 nitrogen and oxygen atoms in total. The van der Waals surface area contributed by atoms with Gasteiger partial charge in [-0.15, -0.1) is 0 Å². The van der Waals surface area contributed by atoms with Gasteiger partial charge < -0.3 is 4.90 Å². The van der Waals surface area contributed by atoms with E-state index in [1.165, 1.54) is 11.0 Å². The zero-order valence-corrected chi connectivity index (χ0v) is 14.7. The molecule has 0 bridgehead atoms. The van der Waals surface area contributed by atoms with Gasteiger partial charge in [-0.25, -0.2) is 17.2 Å². The first-order valence-corrected chi connectivity index (χ1v) is 9.71. The number of halogens is 2. The molecule has 0 saturated heterocycles. The van der Waals surface area contributed by atoms with Gasteiger partial charge in [0.05, 0.1) is 16.3 Å². The van der Waals surface area contributed by atoms with Gasteiger partial charge in [-0.05, 0) is 36.6 Å². The Bertz CT molecular complexity index is 986. The van der Waals surface area contributed by atoms with E-state index < -0.39 is 27.2 Å². The fourth-order valence-corrected chi connectivity index (χ4v) is 4.74. The highest BCUT2D eigenvalue weighted by Crippen LogP contribution is 2.35. The van der Waals surface area contributed by atoms with E-state index in [1.54, 1.807) is 12.1 Å². The standard InChI is InChI=1S/C19H17F2NO3S/c1-2-18(23)22-10-4-6-13-5-3-7-17(19(13)22)26(24,25)12-14-8-9-15(20)11-16(14)21/h2-3,5,7-9,11H,1,4,6,10,12H2. The molecular formula is C19H17F2NO3S. The first-order chi connectivity index (χ1) is 12.3. The number of para-hydroxylation sites is 1. The van der Waals surface area contributed by atoms with Crippen LogP contribution in [0.15, 0.2) is 53.9 Å². The largest absolute Gasteiger partial charge is 0.307 e. The van der Waals surface area contributed by atoms with Crippen molar-refractivity contribution in [1.29, 1.82) is 0 Å². The quantitative estimate of drug-likeness (QED) is 0.768. The minimum Gasteiger partial charge on any atom is -0.307 e. The first-order valence-electron chi connectivity index (χ1n) is 8.06. The molecule has 1 aliphatic heterocycles. The van der Waals surface area contributed by atoms with Crippen molar-refractivity contribution in [2.24, 2.45) is 0 Å². The third-order valence-corrected chi connectivity index (χ3v) is 6.01. The highest BCUT2D eigenvalue weighted by Gasteiger charge is 2.30. The topological polar surface area (TPSA) is 54.5 Å². The number of carbonyl (C=O) groups is 1. The van der Waals surface area contributed by atoms with E-state index >= 15 is 0 Å². The Morgan fingerprint density at radius 1 is 1.23 bits per heavy atom. The third-order valence-electron chi connectivity index (χ3n) is 4.32. The van der Waals surface area contributed by atoms with Crippen LogP contribution in [0.1, 0.15) is 17.5 Å². The summed E-state index contributed by atoms with van der Waals surface area (Å²) < 4.78 is 52.9. The summed E-state index contributed by atoms with van der Waals surface area (Å²) >= 11 is 0. The molecule has 0 aromatic heterocycles. The van der Waals surface area contributed by atoms with Gasteiger partial charge in [0, 0.05) is 18.2 Å². The van der Waals surface area contributed by atoms with E-state index in [2.05, 4.69) is 6.58 Å². The van der Waals surface area contributed by atoms with Crippen molar-refractivity contribution in [2.75, 3.05) is 11.4 Å². The van der Waals surface area contributed by atoms with Gasteiger partial charge in [0.1, 0.15) is 11.6 Å². The number of nitrogens with zero attached hydrogens (tertiary/aromatic N) is 1. The zero-order chi connectivity index (χ0) is 18.9. The van der Waals surface area contributed by atoms with E-state index in [9.17, 15) is 22.0 Å². The number of sulfone groups is 1. The molecule has 1 heterocycles. The zero-order valence-electron chi connectivity index (χ0n) is 13.9. The molecule has 0 fully saturated rings. The van der Waals surface area contributed by atoms with Crippen LogP contribution in [0.4, 0.5) is 14.5 Å². The minimum absolute atomic E-state index is 0.0337.